The molecule has 2 rings (SSSR count). The summed E-state index contributed by atoms with van der Waals surface area (Å²) in [6, 6.07) is 13.7. The molecule has 0 N–H and O–H groups in total. The molecule has 5 heteroatoms. The van der Waals surface area contributed by atoms with Gasteiger partial charge in [-0.1, -0.05) is 119 Å². The molecule has 0 bridgehead atoms. The number of halogens is 1. The Bertz CT molecular complexity index is 738. The average molecular weight is 570 g/mol. The molecule has 0 atom stereocenters. The zero-order valence-electron chi connectivity index (χ0n) is 20.8. The predicted molar refractivity (Wildman–Crippen MR) is 145 cm³/mol. The molecule has 0 spiro atoms. The Hall–Kier alpha value is 0.0523. The topological polar surface area (TPSA) is 14.1 Å². The maximum atomic E-state index is 5.33. The van der Waals surface area contributed by atoms with Crippen LogP contribution in [-0.2, 0) is 18.2 Å². The van der Waals surface area contributed by atoms with E-state index in [1.807, 2.05) is 0 Å². The van der Waals surface area contributed by atoms with Crippen molar-refractivity contribution in [2.45, 2.75) is 91.9 Å². The minimum absolute atomic E-state index is 0.251. The number of rotatable bonds is 8. The number of aryl methyl sites for hydroxylation is 2. The van der Waals surface area contributed by atoms with E-state index in [2.05, 4.69) is 133 Å². The first-order chi connectivity index (χ1) is 14.5. The third-order valence-corrected chi connectivity index (χ3v) is 11.6. The van der Waals surface area contributed by atoms with Crippen LogP contribution in [0, 0.1) is 13.8 Å². The molecule has 1 nitrogen and oxygen atoms in total. The van der Waals surface area contributed by atoms with E-state index in [9.17, 15) is 0 Å². The summed E-state index contributed by atoms with van der Waals surface area (Å²) in [6.07, 6.45) is 0. The Morgan fingerprint density at radius 3 is 1.16 bits per heavy atom. The molecule has 0 saturated carbocycles. The van der Waals surface area contributed by atoms with E-state index in [0.29, 0.717) is 22.6 Å². The van der Waals surface area contributed by atoms with Crippen LogP contribution in [0.5, 0.6) is 0 Å². The number of nitrogens with zero attached hydrogens (tertiary/aromatic N) is 1. The van der Waals surface area contributed by atoms with Gasteiger partial charge in [0, 0.05) is 0 Å². The van der Waals surface area contributed by atoms with Crippen LogP contribution in [0.25, 0.3) is 5.32 Å². The van der Waals surface area contributed by atoms with E-state index in [-0.39, 0.29) is 15.8 Å². The Balaban J connectivity index is 0.00000233. The molecule has 0 saturated heterocycles. The second-order valence-electron chi connectivity index (χ2n) is 9.29. The fourth-order valence-electron chi connectivity index (χ4n) is 4.30. The SMILES string of the molecule is Cc1ccc([N-]c2ccc(C)cc2P(C(C)C)C(C)C)c(P(C(C)C)C(C)C)c1.[Cl][Pd+]. The summed E-state index contributed by atoms with van der Waals surface area (Å²) in [7, 11) is 3.99. The van der Waals surface area contributed by atoms with Gasteiger partial charge >= 0.3 is 27.7 Å². The van der Waals surface area contributed by atoms with Crippen LogP contribution in [-0.4, -0.2) is 22.6 Å². The van der Waals surface area contributed by atoms with Crippen molar-refractivity contribution in [2.24, 2.45) is 0 Å². The van der Waals surface area contributed by atoms with Gasteiger partial charge in [-0.15, -0.1) is 11.4 Å². The summed E-state index contributed by atoms with van der Waals surface area (Å²) in [5.74, 6) is 0. The van der Waals surface area contributed by atoms with E-state index in [1.54, 1.807) is 0 Å². The average Bonchev–Trinajstić information content (AvgIpc) is 2.66. The van der Waals surface area contributed by atoms with Crippen molar-refractivity contribution in [3.63, 3.8) is 0 Å². The Morgan fingerprint density at radius 1 is 0.613 bits per heavy atom. The molecule has 0 unspecified atom stereocenters. The molecule has 0 aliphatic heterocycles. The van der Waals surface area contributed by atoms with Gasteiger partial charge in [0.25, 0.3) is 0 Å². The van der Waals surface area contributed by atoms with Gasteiger partial charge in [-0.05, 0) is 47.1 Å². The van der Waals surface area contributed by atoms with Crippen molar-refractivity contribution in [3.8, 4) is 0 Å². The molecule has 0 aliphatic carbocycles. The van der Waals surface area contributed by atoms with Gasteiger partial charge in [0.15, 0.2) is 0 Å². The third-order valence-electron chi connectivity index (χ3n) is 5.28. The van der Waals surface area contributed by atoms with Crippen LogP contribution in [0.15, 0.2) is 36.4 Å². The van der Waals surface area contributed by atoms with Crippen LogP contribution < -0.4 is 10.6 Å². The first-order valence-electron chi connectivity index (χ1n) is 11.1. The van der Waals surface area contributed by atoms with Crippen molar-refractivity contribution in [1.82, 2.24) is 0 Å². The van der Waals surface area contributed by atoms with Crippen LogP contribution in [0.3, 0.4) is 0 Å². The summed E-state index contributed by atoms with van der Waals surface area (Å²) in [4.78, 5) is 0. The van der Waals surface area contributed by atoms with Gasteiger partial charge < -0.3 is 5.32 Å². The van der Waals surface area contributed by atoms with E-state index in [4.69, 9.17) is 5.32 Å². The summed E-state index contributed by atoms with van der Waals surface area (Å²) in [5, 5.41) is 8.26. The Labute approximate surface area is 209 Å². The van der Waals surface area contributed by atoms with Gasteiger partial charge in [-0.25, -0.2) is 0 Å². The third kappa shape index (κ3) is 8.09. The molecule has 0 heterocycles. The number of benzene rings is 2. The molecule has 0 radical (unpaired) electrons. The summed E-state index contributed by atoms with van der Waals surface area (Å²) < 4.78 is 0. The monoisotopic (exact) mass is 569 g/mol. The summed E-state index contributed by atoms with van der Waals surface area (Å²) >= 11 is 2.22. The van der Waals surface area contributed by atoms with E-state index in [1.165, 1.54) is 33.1 Å². The molecule has 2 aromatic carbocycles. The van der Waals surface area contributed by atoms with Crippen LogP contribution in [0.1, 0.15) is 66.5 Å². The molecule has 0 aromatic heterocycles. The van der Waals surface area contributed by atoms with Crippen molar-refractivity contribution in [1.29, 1.82) is 0 Å². The van der Waals surface area contributed by atoms with E-state index in [0.717, 1.165) is 0 Å². The molecule has 31 heavy (non-hydrogen) atoms. The van der Waals surface area contributed by atoms with E-state index >= 15 is 0 Å². The zero-order chi connectivity index (χ0) is 23.9. The first-order valence-corrected chi connectivity index (χ1v) is 16.1. The van der Waals surface area contributed by atoms with Crippen molar-refractivity contribution < 1.29 is 18.2 Å². The van der Waals surface area contributed by atoms with Gasteiger partial charge in [0.1, 0.15) is 0 Å². The van der Waals surface area contributed by atoms with Crippen molar-refractivity contribution in [2.75, 3.05) is 0 Å². The molecular formula is C26H40ClNP2Pd. The number of hydrogen-bond acceptors (Lipinski definition) is 0. The van der Waals surface area contributed by atoms with E-state index < -0.39 is 0 Å². The molecule has 0 aliphatic rings. The van der Waals surface area contributed by atoms with Crippen molar-refractivity contribution >= 4 is 47.4 Å². The predicted octanol–water partition coefficient (Wildman–Crippen LogP) is 9.18. The fraction of sp³-hybridized carbons (Fsp3) is 0.538. The van der Waals surface area contributed by atoms with Crippen LogP contribution in [0.4, 0.5) is 11.4 Å². The van der Waals surface area contributed by atoms with Gasteiger partial charge in [0.2, 0.25) is 0 Å². The minimum atomic E-state index is -0.251. The van der Waals surface area contributed by atoms with Crippen LogP contribution in [0.2, 0.25) is 0 Å². The molecule has 176 valence electrons. The quantitative estimate of drug-likeness (QED) is 0.222. The fourth-order valence-corrected chi connectivity index (χ4v) is 10.4. The molecule has 0 amide bonds. The molecule has 2 aromatic rings. The Kier molecular flexibility index (Phi) is 12.8. The first kappa shape index (κ1) is 29.1. The second kappa shape index (κ2) is 13.7. The normalized spacial score (nSPS) is 11.7. The van der Waals surface area contributed by atoms with Gasteiger partial charge in [0.05, 0.1) is 0 Å². The maximum absolute atomic E-state index is 5.33. The number of hydrogen-bond donors (Lipinski definition) is 0. The van der Waals surface area contributed by atoms with Gasteiger partial charge in [-0.3, -0.25) is 0 Å². The summed E-state index contributed by atoms with van der Waals surface area (Å²) in [5.41, 5.74) is 7.65. The second-order valence-corrected chi connectivity index (χ2v) is 16.0. The standard InChI is InChI=1S/C26H40NP2.ClH.Pd/c1-17(2)28(18(3)4)25-15-21(9)11-13-23(25)27-24-14-12-22(10)16-26(24)29(19(5)6)20(7)8;;/h11-20H,1-10H3;1H;/q-1;;+2/p-1. The van der Waals surface area contributed by atoms with Crippen LogP contribution >= 0.6 is 25.4 Å². The molecular weight excluding hydrogens is 530 g/mol. The molecule has 0 fully saturated rings. The van der Waals surface area contributed by atoms with Gasteiger partial charge in [-0.2, -0.15) is 0 Å². The Morgan fingerprint density at radius 2 is 0.903 bits per heavy atom. The summed E-state index contributed by atoms with van der Waals surface area (Å²) in [6.45, 7) is 23.3. The zero-order valence-corrected chi connectivity index (χ0v) is 24.9. The van der Waals surface area contributed by atoms with Crippen molar-refractivity contribution in [3.05, 3.63) is 52.8 Å².